The van der Waals surface area contributed by atoms with Crippen LogP contribution >= 0.6 is 11.8 Å². The van der Waals surface area contributed by atoms with Crippen molar-refractivity contribution in [3.05, 3.63) is 29.8 Å². The number of rotatable bonds is 5. The number of thioether (sulfide) groups is 1. The molecule has 0 saturated carbocycles. The Kier molecular flexibility index (Phi) is 5.07. The van der Waals surface area contributed by atoms with Gasteiger partial charge >= 0.3 is 0 Å². The van der Waals surface area contributed by atoms with Crippen molar-refractivity contribution in [2.24, 2.45) is 5.73 Å². The van der Waals surface area contributed by atoms with Gasteiger partial charge in [0.25, 0.3) is 5.91 Å². The monoisotopic (exact) mass is 321 g/mol. The zero-order chi connectivity index (χ0) is 16.3. The van der Waals surface area contributed by atoms with Crippen LogP contribution in [0.4, 0.5) is 0 Å². The minimum absolute atomic E-state index is 0.0495. The van der Waals surface area contributed by atoms with Gasteiger partial charge in [-0.15, -0.1) is 11.8 Å². The van der Waals surface area contributed by atoms with Crippen LogP contribution in [-0.2, 0) is 9.59 Å². The maximum atomic E-state index is 12.6. The van der Waals surface area contributed by atoms with Crippen LogP contribution in [-0.4, -0.2) is 52.5 Å². The second-order valence-electron chi connectivity index (χ2n) is 5.05. The fourth-order valence-electron chi connectivity index (χ4n) is 2.18. The zero-order valence-electron chi connectivity index (χ0n) is 12.6. The average molecular weight is 321 g/mol. The topological polar surface area (TPSA) is 83.7 Å². The van der Waals surface area contributed by atoms with E-state index in [0.717, 1.165) is 0 Å². The molecule has 118 valence electrons. The number of primary amides is 1. The summed E-state index contributed by atoms with van der Waals surface area (Å²) >= 11 is 1.25. The summed E-state index contributed by atoms with van der Waals surface area (Å²) in [6.45, 7) is 4.56. The van der Waals surface area contributed by atoms with Gasteiger partial charge in [-0.3, -0.25) is 14.4 Å². The molecule has 0 bridgehead atoms. The van der Waals surface area contributed by atoms with Crippen LogP contribution in [0.15, 0.2) is 29.2 Å². The third-order valence-corrected chi connectivity index (χ3v) is 4.71. The van der Waals surface area contributed by atoms with Crippen LogP contribution in [0.3, 0.4) is 0 Å². The lowest BCUT2D eigenvalue weighted by molar-refractivity contribution is -0.126. The summed E-state index contributed by atoms with van der Waals surface area (Å²) < 4.78 is 0. The van der Waals surface area contributed by atoms with E-state index in [4.69, 9.17) is 5.73 Å². The molecule has 1 unspecified atom stereocenters. The number of carbonyl (C=O) groups is 3. The highest BCUT2D eigenvalue weighted by Gasteiger charge is 2.31. The molecule has 0 aromatic heterocycles. The highest BCUT2D eigenvalue weighted by molar-refractivity contribution is 8.00. The van der Waals surface area contributed by atoms with E-state index in [1.165, 1.54) is 16.7 Å². The molecule has 1 atom stereocenters. The SMILES string of the molecule is CCN1CN(C(=O)c2ccccc2SC(C)C(N)=O)CC1=O. The van der Waals surface area contributed by atoms with E-state index in [2.05, 4.69) is 0 Å². The lowest BCUT2D eigenvalue weighted by atomic mass is 10.2. The van der Waals surface area contributed by atoms with Crippen molar-refractivity contribution >= 4 is 29.5 Å². The molecular formula is C15H19N3O3S. The Morgan fingerprint density at radius 2 is 2.05 bits per heavy atom. The molecule has 1 heterocycles. The van der Waals surface area contributed by atoms with Gasteiger partial charge in [-0.05, 0) is 26.0 Å². The molecule has 0 aliphatic carbocycles. The molecular weight excluding hydrogens is 302 g/mol. The highest BCUT2D eigenvalue weighted by Crippen LogP contribution is 2.28. The predicted octanol–water partition coefficient (Wildman–Crippen LogP) is 0.914. The maximum Gasteiger partial charge on any atom is 0.256 e. The summed E-state index contributed by atoms with van der Waals surface area (Å²) in [5.41, 5.74) is 5.77. The number of hydrogen-bond donors (Lipinski definition) is 1. The number of hydrogen-bond acceptors (Lipinski definition) is 4. The van der Waals surface area contributed by atoms with Crippen LogP contribution < -0.4 is 5.73 Å². The van der Waals surface area contributed by atoms with Gasteiger partial charge in [0.15, 0.2) is 0 Å². The molecule has 0 spiro atoms. The van der Waals surface area contributed by atoms with Crippen molar-refractivity contribution in [3.63, 3.8) is 0 Å². The van der Waals surface area contributed by atoms with Crippen LogP contribution in [0.5, 0.6) is 0 Å². The summed E-state index contributed by atoms with van der Waals surface area (Å²) in [5, 5.41) is -0.429. The van der Waals surface area contributed by atoms with Gasteiger partial charge in [0, 0.05) is 11.4 Å². The summed E-state index contributed by atoms with van der Waals surface area (Å²) in [5.74, 6) is -0.684. The fraction of sp³-hybridized carbons (Fsp3) is 0.400. The molecule has 22 heavy (non-hydrogen) atoms. The summed E-state index contributed by atoms with van der Waals surface area (Å²) in [4.78, 5) is 39.5. The standard InChI is InChI=1S/C15H19N3O3S/c1-3-17-9-18(8-13(17)19)15(21)11-6-4-5-7-12(11)22-10(2)14(16)20/h4-7,10H,3,8-9H2,1-2H3,(H2,16,20). The lowest BCUT2D eigenvalue weighted by Crippen LogP contribution is -2.31. The van der Waals surface area contributed by atoms with Gasteiger partial charge in [0.05, 0.1) is 17.5 Å². The van der Waals surface area contributed by atoms with E-state index >= 15 is 0 Å². The van der Waals surface area contributed by atoms with Gasteiger partial charge in [0.1, 0.15) is 6.54 Å². The Labute approximate surface area is 133 Å². The van der Waals surface area contributed by atoms with Crippen molar-refractivity contribution < 1.29 is 14.4 Å². The largest absolute Gasteiger partial charge is 0.369 e. The first-order chi connectivity index (χ1) is 10.4. The maximum absolute atomic E-state index is 12.6. The molecule has 1 aromatic carbocycles. The van der Waals surface area contributed by atoms with Gasteiger partial charge in [0.2, 0.25) is 11.8 Å². The average Bonchev–Trinajstić information content (AvgIpc) is 2.88. The highest BCUT2D eigenvalue weighted by atomic mass is 32.2. The first-order valence-electron chi connectivity index (χ1n) is 7.06. The number of likely N-dealkylation sites (N-methyl/N-ethyl adjacent to an activating group) is 1. The third kappa shape index (κ3) is 3.41. The number of nitrogens with two attached hydrogens (primary N) is 1. The lowest BCUT2D eigenvalue weighted by Gasteiger charge is -2.18. The van der Waals surface area contributed by atoms with Crippen LogP contribution in [0.25, 0.3) is 0 Å². The Bertz CT molecular complexity index is 605. The molecule has 0 radical (unpaired) electrons. The molecule has 3 amide bonds. The Hall–Kier alpha value is -2.02. The van der Waals surface area contributed by atoms with Crippen LogP contribution in [0.2, 0.25) is 0 Å². The molecule has 2 rings (SSSR count). The van der Waals surface area contributed by atoms with Crippen molar-refractivity contribution in [1.82, 2.24) is 9.80 Å². The molecule has 7 heteroatoms. The smallest absolute Gasteiger partial charge is 0.256 e. The predicted molar refractivity (Wildman–Crippen MR) is 84.2 cm³/mol. The van der Waals surface area contributed by atoms with Crippen LogP contribution in [0.1, 0.15) is 24.2 Å². The second-order valence-corrected chi connectivity index (χ2v) is 6.44. The second kappa shape index (κ2) is 6.83. The van der Waals surface area contributed by atoms with Gasteiger partial charge < -0.3 is 15.5 Å². The first-order valence-corrected chi connectivity index (χ1v) is 7.94. The minimum atomic E-state index is -0.430. The Morgan fingerprint density at radius 3 is 2.64 bits per heavy atom. The Morgan fingerprint density at radius 1 is 1.36 bits per heavy atom. The van der Waals surface area contributed by atoms with E-state index in [1.807, 2.05) is 6.92 Å². The van der Waals surface area contributed by atoms with Crippen molar-refractivity contribution in [2.45, 2.75) is 24.0 Å². The number of carbonyl (C=O) groups excluding carboxylic acids is 3. The number of benzene rings is 1. The van der Waals surface area contributed by atoms with Gasteiger partial charge in [-0.2, -0.15) is 0 Å². The van der Waals surface area contributed by atoms with E-state index in [-0.39, 0.29) is 18.4 Å². The Balaban J connectivity index is 2.20. The first kappa shape index (κ1) is 16.4. The molecule has 1 fully saturated rings. The third-order valence-electron chi connectivity index (χ3n) is 3.51. The van der Waals surface area contributed by atoms with Crippen molar-refractivity contribution in [3.8, 4) is 0 Å². The molecule has 1 aliphatic heterocycles. The summed E-state index contributed by atoms with van der Waals surface area (Å²) in [6.07, 6.45) is 0. The van der Waals surface area contributed by atoms with E-state index in [0.29, 0.717) is 23.7 Å². The van der Waals surface area contributed by atoms with Gasteiger partial charge in [-0.25, -0.2) is 0 Å². The van der Waals surface area contributed by atoms with Crippen molar-refractivity contribution in [2.75, 3.05) is 19.8 Å². The van der Waals surface area contributed by atoms with E-state index in [1.54, 1.807) is 36.1 Å². The van der Waals surface area contributed by atoms with Gasteiger partial charge in [-0.1, -0.05) is 12.1 Å². The fourth-order valence-corrected chi connectivity index (χ4v) is 3.11. The van der Waals surface area contributed by atoms with E-state index in [9.17, 15) is 14.4 Å². The molecule has 6 nitrogen and oxygen atoms in total. The van der Waals surface area contributed by atoms with Crippen LogP contribution in [0, 0.1) is 0 Å². The molecule has 2 N–H and O–H groups in total. The molecule has 1 saturated heterocycles. The minimum Gasteiger partial charge on any atom is -0.369 e. The quantitative estimate of drug-likeness (QED) is 0.817. The molecule has 1 aliphatic rings. The number of amides is 3. The zero-order valence-corrected chi connectivity index (χ0v) is 13.4. The van der Waals surface area contributed by atoms with Crippen molar-refractivity contribution in [1.29, 1.82) is 0 Å². The summed E-state index contributed by atoms with van der Waals surface area (Å²) in [7, 11) is 0. The van der Waals surface area contributed by atoms with E-state index < -0.39 is 11.2 Å². The molecule has 1 aromatic rings. The number of nitrogens with zero attached hydrogens (tertiary/aromatic N) is 2. The summed E-state index contributed by atoms with van der Waals surface area (Å²) in [6, 6.07) is 7.06. The normalized spacial score (nSPS) is 16.0.